The highest BCUT2D eigenvalue weighted by molar-refractivity contribution is 5.69. The van der Waals surface area contributed by atoms with Gasteiger partial charge in [-0.3, -0.25) is 4.68 Å². The van der Waals surface area contributed by atoms with Crippen LogP contribution in [0.1, 0.15) is 11.1 Å². The SMILES string of the molecule is Cc1ccccc1CCNCC1CNc2cc(-c3cnn(C)c3)cnc2O1. The van der Waals surface area contributed by atoms with Crippen LogP contribution in [0.5, 0.6) is 5.88 Å². The number of hydrogen-bond acceptors (Lipinski definition) is 5. The van der Waals surface area contributed by atoms with Crippen molar-refractivity contribution in [3.63, 3.8) is 0 Å². The molecule has 2 N–H and O–H groups in total. The second-order valence-electron chi connectivity index (χ2n) is 6.98. The Labute approximate surface area is 159 Å². The fourth-order valence-electron chi connectivity index (χ4n) is 3.31. The molecule has 0 bridgehead atoms. The zero-order valence-corrected chi connectivity index (χ0v) is 15.8. The lowest BCUT2D eigenvalue weighted by atomic mass is 10.1. The van der Waals surface area contributed by atoms with Gasteiger partial charge in [-0.2, -0.15) is 5.10 Å². The van der Waals surface area contributed by atoms with Gasteiger partial charge in [0.25, 0.3) is 0 Å². The number of benzene rings is 1. The molecule has 1 aromatic carbocycles. The van der Waals surface area contributed by atoms with Gasteiger partial charge in [0.2, 0.25) is 5.88 Å². The maximum absolute atomic E-state index is 6.05. The maximum Gasteiger partial charge on any atom is 0.237 e. The summed E-state index contributed by atoms with van der Waals surface area (Å²) in [7, 11) is 1.91. The summed E-state index contributed by atoms with van der Waals surface area (Å²) in [6, 6.07) is 10.6. The number of ether oxygens (including phenoxy) is 1. The third kappa shape index (κ3) is 4.11. The number of rotatable bonds is 6. The number of hydrogen-bond donors (Lipinski definition) is 2. The molecule has 1 aliphatic rings. The molecular weight excluding hydrogens is 338 g/mol. The highest BCUT2D eigenvalue weighted by Gasteiger charge is 2.20. The summed E-state index contributed by atoms with van der Waals surface area (Å²) in [6.45, 7) is 4.66. The first-order chi connectivity index (χ1) is 13.2. The van der Waals surface area contributed by atoms with Gasteiger partial charge in [0.05, 0.1) is 18.4 Å². The van der Waals surface area contributed by atoms with E-state index in [1.807, 2.05) is 25.6 Å². The quantitative estimate of drug-likeness (QED) is 0.660. The Morgan fingerprint density at radius 1 is 1.26 bits per heavy atom. The molecule has 1 unspecified atom stereocenters. The average molecular weight is 363 g/mol. The Kier molecular flexibility index (Phi) is 5.07. The van der Waals surface area contributed by atoms with Crippen molar-refractivity contribution in [2.24, 2.45) is 7.05 Å². The Hall–Kier alpha value is -2.86. The Balaban J connectivity index is 1.30. The molecule has 2 aromatic heterocycles. The van der Waals surface area contributed by atoms with Crippen molar-refractivity contribution in [1.82, 2.24) is 20.1 Å². The summed E-state index contributed by atoms with van der Waals surface area (Å²) in [4.78, 5) is 4.49. The molecule has 0 spiro atoms. The van der Waals surface area contributed by atoms with Gasteiger partial charge in [0, 0.05) is 37.1 Å². The van der Waals surface area contributed by atoms with E-state index >= 15 is 0 Å². The highest BCUT2D eigenvalue weighted by atomic mass is 16.5. The lowest BCUT2D eigenvalue weighted by Gasteiger charge is -2.27. The highest BCUT2D eigenvalue weighted by Crippen LogP contribution is 2.30. The van der Waals surface area contributed by atoms with Gasteiger partial charge < -0.3 is 15.4 Å². The summed E-state index contributed by atoms with van der Waals surface area (Å²) in [5.41, 5.74) is 5.76. The predicted molar refractivity (Wildman–Crippen MR) is 107 cm³/mol. The zero-order valence-electron chi connectivity index (χ0n) is 15.8. The molecule has 0 saturated carbocycles. The molecule has 27 heavy (non-hydrogen) atoms. The molecule has 0 saturated heterocycles. The van der Waals surface area contributed by atoms with Crippen LogP contribution >= 0.6 is 0 Å². The van der Waals surface area contributed by atoms with Gasteiger partial charge in [0.1, 0.15) is 6.10 Å². The molecule has 6 heteroatoms. The molecule has 3 aromatic rings. The van der Waals surface area contributed by atoms with Crippen LogP contribution in [0.4, 0.5) is 5.69 Å². The predicted octanol–water partition coefficient (Wildman–Crippen LogP) is 2.80. The number of nitrogens with one attached hydrogen (secondary N) is 2. The molecule has 6 nitrogen and oxygen atoms in total. The monoisotopic (exact) mass is 363 g/mol. The number of pyridine rings is 1. The molecular formula is C21H25N5O. The van der Waals surface area contributed by atoms with Crippen LogP contribution < -0.4 is 15.4 Å². The summed E-state index contributed by atoms with van der Waals surface area (Å²) >= 11 is 0. The second-order valence-corrected chi connectivity index (χ2v) is 6.98. The molecule has 0 fully saturated rings. The fourth-order valence-corrected chi connectivity index (χ4v) is 3.31. The van der Waals surface area contributed by atoms with E-state index in [0.29, 0.717) is 5.88 Å². The first kappa shape index (κ1) is 17.5. The van der Waals surface area contributed by atoms with Crippen molar-refractivity contribution in [3.05, 3.63) is 60.0 Å². The van der Waals surface area contributed by atoms with Crippen LogP contribution in [0, 0.1) is 6.92 Å². The molecule has 1 atom stereocenters. The van der Waals surface area contributed by atoms with E-state index in [9.17, 15) is 0 Å². The molecule has 140 valence electrons. The number of aryl methyl sites for hydroxylation is 2. The molecule has 1 aliphatic heterocycles. The average Bonchev–Trinajstić information content (AvgIpc) is 3.12. The van der Waals surface area contributed by atoms with Gasteiger partial charge in [-0.1, -0.05) is 24.3 Å². The van der Waals surface area contributed by atoms with Crippen LogP contribution in [0.15, 0.2) is 48.9 Å². The van der Waals surface area contributed by atoms with Crippen molar-refractivity contribution in [2.75, 3.05) is 25.0 Å². The molecule has 0 radical (unpaired) electrons. The molecule has 4 rings (SSSR count). The first-order valence-electron chi connectivity index (χ1n) is 9.34. The minimum atomic E-state index is 0.0751. The van der Waals surface area contributed by atoms with Gasteiger partial charge in [-0.25, -0.2) is 4.98 Å². The minimum Gasteiger partial charge on any atom is -0.470 e. The second kappa shape index (κ2) is 7.80. The van der Waals surface area contributed by atoms with E-state index in [0.717, 1.165) is 42.9 Å². The summed E-state index contributed by atoms with van der Waals surface area (Å²) in [5, 5.41) is 11.2. The van der Waals surface area contributed by atoms with E-state index in [-0.39, 0.29) is 6.10 Å². The van der Waals surface area contributed by atoms with Crippen LogP contribution in [-0.4, -0.2) is 40.5 Å². The summed E-state index contributed by atoms with van der Waals surface area (Å²) in [5.74, 6) is 0.666. The lowest BCUT2D eigenvalue weighted by Crippen LogP contribution is -2.40. The van der Waals surface area contributed by atoms with Crippen molar-refractivity contribution >= 4 is 5.69 Å². The Bertz CT molecular complexity index is 920. The number of anilines is 1. The molecule has 0 amide bonds. The van der Waals surface area contributed by atoms with E-state index in [2.05, 4.69) is 58.0 Å². The summed E-state index contributed by atoms with van der Waals surface area (Å²) < 4.78 is 7.84. The third-order valence-electron chi connectivity index (χ3n) is 4.89. The van der Waals surface area contributed by atoms with Gasteiger partial charge in [-0.15, -0.1) is 0 Å². The zero-order chi connectivity index (χ0) is 18.6. The number of nitrogens with zero attached hydrogens (tertiary/aromatic N) is 3. The van der Waals surface area contributed by atoms with E-state index in [1.54, 1.807) is 4.68 Å². The normalized spacial score (nSPS) is 15.7. The van der Waals surface area contributed by atoms with Crippen LogP contribution in [-0.2, 0) is 13.5 Å². The van der Waals surface area contributed by atoms with Gasteiger partial charge >= 0.3 is 0 Å². The first-order valence-corrected chi connectivity index (χ1v) is 9.34. The van der Waals surface area contributed by atoms with Crippen LogP contribution in [0.25, 0.3) is 11.1 Å². The third-order valence-corrected chi connectivity index (χ3v) is 4.89. The Morgan fingerprint density at radius 2 is 2.15 bits per heavy atom. The smallest absolute Gasteiger partial charge is 0.237 e. The Morgan fingerprint density at radius 3 is 2.96 bits per heavy atom. The van der Waals surface area contributed by atoms with E-state index < -0.39 is 0 Å². The minimum absolute atomic E-state index is 0.0751. The van der Waals surface area contributed by atoms with Crippen LogP contribution in [0.2, 0.25) is 0 Å². The van der Waals surface area contributed by atoms with E-state index in [1.165, 1.54) is 11.1 Å². The number of aromatic nitrogens is 3. The van der Waals surface area contributed by atoms with Crippen LogP contribution in [0.3, 0.4) is 0 Å². The lowest BCUT2D eigenvalue weighted by molar-refractivity contribution is 0.194. The van der Waals surface area contributed by atoms with E-state index in [4.69, 9.17) is 4.74 Å². The standard InChI is InChI=1S/C21H25N5O/c1-15-5-3-4-6-16(15)7-8-22-12-19-13-23-20-9-17(10-24-21(20)27-19)18-11-25-26(2)14-18/h3-6,9-11,14,19,22-23H,7-8,12-13H2,1-2H3. The fraction of sp³-hybridized carbons (Fsp3) is 0.333. The topological polar surface area (TPSA) is 64.0 Å². The van der Waals surface area contributed by atoms with Crippen molar-refractivity contribution in [2.45, 2.75) is 19.4 Å². The van der Waals surface area contributed by atoms with Crippen molar-refractivity contribution in [1.29, 1.82) is 0 Å². The maximum atomic E-state index is 6.05. The van der Waals surface area contributed by atoms with Crippen molar-refractivity contribution < 1.29 is 4.74 Å². The largest absolute Gasteiger partial charge is 0.470 e. The van der Waals surface area contributed by atoms with Gasteiger partial charge in [-0.05, 0) is 37.1 Å². The molecule has 0 aliphatic carbocycles. The number of fused-ring (bicyclic) bond motifs is 1. The summed E-state index contributed by atoms with van der Waals surface area (Å²) in [6.07, 6.45) is 6.76. The molecule has 3 heterocycles. The van der Waals surface area contributed by atoms with Crippen molar-refractivity contribution in [3.8, 4) is 17.0 Å². The van der Waals surface area contributed by atoms with Gasteiger partial charge in [0.15, 0.2) is 0 Å².